The standard InChI is InChI=1S/C3H4O3.N/c1-2(4)3(5)6;/h1H3,(H,5,6);. The Kier molecular flexibility index (Phi) is 4.44. The normalized spacial score (nSPS) is 6.43. The Morgan fingerprint density at radius 3 is 1.57 bits per heavy atom. The van der Waals surface area contributed by atoms with Crippen LogP contribution in [0.15, 0.2) is 0 Å². The molecule has 1 N–H and O–H groups in total. The fourth-order valence-corrected chi connectivity index (χ4v) is 0. The maximum atomic E-state index is 9.54. The molecule has 7 heavy (non-hydrogen) atoms. The van der Waals surface area contributed by atoms with Crippen molar-refractivity contribution in [1.29, 1.82) is 0 Å². The highest BCUT2D eigenvalue weighted by Crippen LogP contribution is 1.61. The summed E-state index contributed by atoms with van der Waals surface area (Å²) in [5.74, 6) is -2.20. The molecule has 4 heteroatoms. The lowest BCUT2D eigenvalue weighted by molar-refractivity contribution is -0.148. The number of hydrogen-bond donors (Lipinski definition) is 1. The first-order chi connectivity index (χ1) is 2.64. The van der Waals surface area contributed by atoms with Gasteiger partial charge in [0.2, 0.25) is 5.78 Å². The van der Waals surface area contributed by atoms with E-state index in [1.807, 2.05) is 0 Å². The average molecular weight is 102 g/mol. The average Bonchev–Trinajstić information content (AvgIpc) is 1.36. The van der Waals surface area contributed by atoms with Crippen molar-refractivity contribution >= 4 is 11.8 Å². The van der Waals surface area contributed by atoms with Crippen molar-refractivity contribution in [3.8, 4) is 0 Å². The van der Waals surface area contributed by atoms with Crippen LogP contribution in [-0.4, -0.2) is 16.9 Å². The Hall–Kier alpha value is -0.900. The van der Waals surface area contributed by atoms with Crippen LogP contribution in [0.5, 0.6) is 0 Å². The van der Waals surface area contributed by atoms with E-state index in [9.17, 15) is 9.59 Å². The number of hydrogen-bond acceptors (Lipinski definition) is 2. The smallest absolute Gasteiger partial charge is 0.371 e. The maximum Gasteiger partial charge on any atom is 0.371 e. The Balaban J connectivity index is 0. The SMILES string of the molecule is CC(=O)C(=O)O.[N]. The van der Waals surface area contributed by atoms with Crippen LogP contribution < -0.4 is 6.15 Å². The molecule has 0 aromatic heterocycles. The molecule has 0 aliphatic carbocycles. The number of Topliss-reactive ketones (excluding diaryl/α,β-unsaturated/α-hetero) is 1. The highest BCUT2D eigenvalue weighted by Gasteiger charge is 1.98. The third kappa shape index (κ3) is 5.10. The van der Waals surface area contributed by atoms with Crippen LogP contribution in [0.3, 0.4) is 0 Å². The second-order valence-corrected chi connectivity index (χ2v) is 0.861. The van der Waals surface area contributed by atoms with Crippen molar-refractivity contribution in [2.75, 3.05) is 0 Å². The maximum absolute atomic E-state index is 9.54. The van der Waals surface area contributed by atoms with Crippen LogP contribution in [0.25, 0.3) is 0 Å². The zero-order valence-corrected chi connectivity index (χ0v) is 3.71. The molecule has 0 saturated heterocycles. The Bertz CT molecular complexity index is 76.2. The molecule has 0 amide bonds. The van der Waals surface area contributed by atoms with E-state index in [1.54, 1.807) is 0 Å². The number of aliphatic carboxylic acids is 1. The number of ketones is 1. The minimum absolute atomic E-state index is 0. The Morgan fingerprint density at radius 1 is 1.43 bits per heavy atom. The first-order valence-corrected chi connectivity index (χ1v) is 1.38. The molecule has 0 rings (SSSR count). The van der Waals surface area contributed by atoms with Gasteiger partial charge in [-0.3, -0.25) is 4.79 Å². The minimum Gasteiger partial charge on any atom is -0.476 e. The Labute approximate surface area is 40.7 Å². The van der Waals surface area contributed by atoms with Gasteiger partial charge in [0, 0.05) is 13.1 Å². The first-order valence-electron chi connectivity index (χ1n) is 1.38. The summed E-state index contributed by atoms with van der Waals surface area (Å²) < 4.78 is 0. The van der Waals surface area contributed by atoms with Gasteiger partial charge in [0.25, 0.3) is 0 Å². The van der Waals surface area contributed by atoms with Crippen molar-refractivity contribution in [3.05, 3.63) is 0 Å². The molecule has 0 unspecified atom stereocenters. The molecular weight excluding hydrogens is 98.0 g/mol. The van der Waals surface area contributed by atoms with E-state index in [0.717, 1.165) is 6.92 Å². The second-order valence-electron chi connectivity index (χ2n) is 0.861. The van der Waals surface area contributed by atoms with Gasteiger partial charge in [-0.05, 0) is 0 Å². The van der Waals surface area contributed by atoms with Crippen molar-refractivity contribution < 1.29 is 14.7 Å². The number of nitrogens with zero attached hydrogens (tertiary/aromatic N) is 1. The quantitative estimate of drug-likeness (QED) is 0.439. The van der Waals surface area contributed by atoms with Gasteiger partial charge < -0.3 is 5.11 Å². The fraction of sp³-hybridized carbons (Fsp3) is 0.333. The molecule has 0 aromatic carbocycles. The fourth-order valence-electron chi connectivity index (χ4n) is 0. The van der Waals surface area contributed by atoms with Gasteiger partial charge in [-0.15, -0.1) is 0 Å². The monoisotopic (exact) mass is 102 g/mol. The van der Waals surface area contributed by atoms with E-state index in [0.29, 0.717) is 0 Å². The largest absolute Gasteiger partial charge is 0.476 e. The summed E-state index contributed by atoms with van der Waals surface area (Å²) in [7, 11) is 0. The number of carbonyl (C=O) groups excluding carboxylic acids is 1. The van der Waals surface area contributed by atoms with Crippen LogP contribution >= 0.6 is 0 Å². The van der Waals surface area contributed by atoms with Crippen LogP contribution in [-0.2, 0) is 9.59 Å². The molecule has 0 aromatic rings. The first kappa shape index (κ1) is 9.44. The summed E-state index contributed by atoms with van der Waals surface area (Å²) in [6, 6.07) is 0. The molecule has 0 fully saturated rings. The molecule has 39 valence electrons. The molecule has 3 radical (unpaired) electrons. The number of carboxylic acids is 1. The highest BCUT2D eigenvalue weighted by atomic mass is 16.4. The third-order valence-corrected chi connectivity index (χ3v) is 0.301. The van der Waals surface area contributed by atoms with Gasteiger partial charge in [-0.25, -0.2) is 4.79 Å². The number of carbonyl (C=O) groups is 2. The molecule has 0 aliphatic rings. The van der Waals surface area contributed by atoms with E-state index in [4.69, 9.17) is 5.11 Å². The van der Waals surface area contributed by atoms with Crippen molar-refractivity contribution in [3.63, 3.8) is 0 Å². The van der Waals surface area contributed by atoms with Gasteiger partial charge >= 0.3 is 5.97 Å². The van der Waals surface area contributed by atoms with E-state index < -0.39 is 11.8 Å². The van der Waals surface area contributed by atoms with Crippen LogP contribution in [0.1, 0.15) is 6.92 Å². The highest BCUT2D eigenvalue weighted by molar-refractivity contribution is 6.31. The lowest BCUT2D eigenvalue weighted by Gasteiger charge is -1.73. The van der Waals surface area contributed by atoms with Crippen molar-refractivity contribution in [2.45, 2.75) is 6.92 Å². The summed E-state index contributed by atoms with van der Waals surface area (Å²) in [5, 5.41) is 7.64. The van der Waals surface area contributed by atoms with E-state index in [2.05, 4.69) is 0 Å². The van der Waals surface area contributed by atoms with Crippen LogP contribution in [0, 0.1) is 0 Å². The topological polar surface area (TPSA) is 84.9 Å². The van der Waals surface area contributed by atoms with Gasteiger partial charge in [-0.2, -0.15) is 0 Å². The molecule has 0 atom stereocenters. The van der Waals surface area contributed by atoms with Crippen molar-refractivity contribution in [1.82, 2.24) is 6.15 Å². The molecule has 0 bridgehead atoms. The van der Waals surface area contributed by atoms with E-state index >= 15 is 0 Å². The minimum atomic E-state index is -1.38. The molecule has 0 aliphatic heterocycles. The summed E-state index contributed by atoms with van der Waals surface area (Å²) >= 11 is 0. The van der Waals surface area contributed by atoms with Gasteiger partial charge in [0.15, 0.2) is 0 Å². The van der Waals surface area contributed by atoms with Crippen LogP contribution in [0.4, 0.5) is 0 Å². The zero-order valence-electron chi connectivity index (χ0n) is 3.71. The van der Waals surface area contributed by atoms with E-state index in [1.165, 1.54) is 0 Å². The zero-order chi connectivity index (χ0) is 5.15. The predicted molar refractivity (Wildman–Crippen MR) is 20.5 cm³/mol. The van der Waals surface area contributed by atoms with Gasteiger partial charge in [-0.1, -0.05) is 0 Å². The summed E-state index contributed by atoms with van der Waals surface area (Å²) in [6.45, 7) is 1.00. The van der Waals surface area contributed by atoms with Gasteiger partial charge in [0.1, 0.15) is 0 Å². The van der Waals surface area contributed by atoms with Crippen LogP contribution in [0.2, 0.25) is 0 Å². The molecular formula is C3H4NO3. The molecule has 4 nitrogen and oxygen atoms in total. The lowest BCUT2D eigenvalue weighted by atomic mass is 10.5. The van der Waals surface area contributed by atoms with E-state index in [-0.39, 0.29) is 6.15 Å². The molecule has 0 heterocycles. The Morgan fingerprint density at radius 2 is 1.57 bits per heavy atom. The number of carboxylic acid groups (broad SMARTS) is 1. The molecule has 0 spiro atoms. The predicted octanol–water partition coefficient (Wildman–Crippen LogP) is -0.821. The summed E-state index contributed by atoms with van der Waals surface area (Å²) in [6.07, 6.45) is 0. The second kappa shape index (κ2) is 3.30. The summed E-state index contributed by atoms with van der Waals surface area (Å²) in [5.41, 5.74) is 0. The third-order valence-electron chi connectivity index (χ3n) is 0.301. The molecule has 0 saturated carbocycles. The van der Waals surface area contributed by atoms with Crippen molar-refractivity contribution in [2.24, 2.45) is 0 Å². The number of rotatable bonds is 1. The summed E-state index contributed by atoms with van der Waals surface area (Å²) in [4.78, 5) is 18.9. The van der Waals surface area contributed by atoms with Gasteiger partial charge in [0.05, 0.1) is 0 Å². The lowest BCUT2D eigenvalue weighted by Crippen LogP contribution is -2.05.